The molecule has 2 heterocycles. The smallest absolute Gasteiger partial charge is 0.125 e. The van der Waals surface area contributed by atoms with Crippen LogP contribution in [0.5, 0.6) is 0 Å². The van der Waals surface area contributed by atoms with E-state index in [0.717, 1.165) is 18.8 Å². The summed E-state index contributed by atoms with van der Waals surface area (Å²) in [5, 5.41) is 9.21. The van der Waals surface area contributed by atoms with Crippen molar-refractivity contribution in [1.29, 1.82) is 0 Å². The summed E-state index contributed by atoms with van der Waals surface area (Å²) in [6, 6.07) is 5.89. The van der Waals surface area contributed by atoms with Gasteiger partial charge in [0, 0.05) is 30.9 Å². The third-order valence-electron chi connectivity index (χ3n) is 4.39. The molecule has 3 nitrogen and oxygen atoms in total. The first-order chi connectivity index (χ1) is 9.17. The van der Waals surface area contributed by atoms with E-state index in [1.165, 1.54) is 25.5 Å². The summed E-state index contributed by atoms with van der Waals surface area (Å²) in [7, 11) is 0. The maximum absolute atomic E-state index is 13.6. The van der Waals surface area contributed by atoms with Crippen molar-refractivity contribution in [2.75, 3.05) is 24.5 Å². The molecule has 3 rings (SSSR count). The highest BCUT2D eigenvalue weighted by atomic mass is 19.1. The Kier molecular flexibility index (Phi) is 3.46. The molecule has 0 bridgehead atoms. The molecule has 2 unspecified atom stereocenters. The van der Waals surface area contributed by atoms with Gasteiger partial charge in [0.2, 0.25) is 0 Å². The number of rotatable bonds is 2. The van der Waals surface area contributed by atoms with Gasteiger partial charge in [0.15, 0.2) is 0 Å². The number of hydrogen-bond donors (Lipinski definition) is 1. The van der Waals surface area contributed by atoms with E-state index < -0.39 is 0 Å². The molecule has 0 aliphatic carbocycles. The van der Waals surface area contributed by atoms with Crippen molar-refractivity contribution in [3.63, 3.8) is 0 Å². The maximum atomic E-state index is 13.6. The van der Waals surface area contributed by atoms with Crippen LogP contribution in [-0.2, 0) is 6.61 Å². The van der Waals surface area contributed by atoms with Crippen molar-refractivity contribution < 1.29 is 9.50 Å². The normalized spacial score (nSPS) is 27.6. The fraction of sp³-hybridized carbons (Fsp3) is 0.600. The van der Waals surface area contributed by atoms with Crippen molar-refractivity contribution in [2.45, 2.75) is 38.5 Å². The average Bonchev–Trinajstić information content (AvgIpc) is 2.84. The minimum atomic E-state index is -0.261. The van der Waals surface area contributed by atoms with Gasteiger partial charge in [0.1, 0.15) is 5.82 Å². The first-order valence-corrected chi connectivity index (χ1v) is 7.08. The topological polar surface area (TPSA) is 26.7 Å². The summed E-state index contributed by atoms with van der Waals surface area (Å²) < 4.78 is 13.6. The SMILES string of the molecule is CC1CN2CCCC2CN1c1cc(F)cc(CO)c1. The summed E-state index contributed by atoms with van der Waals surface area (Å²) in [5.41, 5.74) is 1.55. The molecule has 0 aromatic heterocycles. The molecule has 0 saturated carbocycles. The number of hydrogen-bond acceptors (Lipinski definition) is 3. The highest BCUT2D eigenvalue weighted by Gasteiger charge is 2.34. The number of nitrogens with zero attached hydrogens (tertiary/aromatic N) is 2. The lowest BCUT2D eigenvalue weighted by Gasteiger charge is -2.43. The molecule has 2 aliphatic rings. The van der Waals surface area contributed by atoms with Crippen molar-refractivity contribution in [1.82, 2.24) is 4.90 Å². The van der Waals surface area contributed by atoms with Gasteiger partial charge in [-0.25, -0.2) is 4.39 Å². The van der Waals surface area contributed by atoms with Gasteiger partial charge in [0.05, 0.1) is 6.61 Å². The summed E-state index contributed by atoms with van der Waals surface area (Å²) in [6.45, 7) is 5.31. The van der Waals surface area contributed by atoms with Crippen molar-refractivity contribution in [3.05, 3.63) is 29.6 Å². The first kappa shape index (κ1) is 12.9. The molecule has 19 heavy (non-hydrogen) atoms. The Morgan fingerprint density at radius 1 is 1.32 bits per heavy atom. The fourth-order valence-corrected chi connectivity index (χ4v) is 3.44. The van der Waals surface area contributed by atoms with E-state index in [-0.39, 0.29) is 12.4 Å². The van der Waals surface area contributed by atoms with Gasteiger partial charge in [-0.1, -0.05) is 0 Å². The van der Waals surface area contributed by atoms with Crippen molar-refractivity contribution in [3.8, 4) is 0 Å². The molecule has 1 aromatic rings. The molecular weight excluding hydrogens is 243 g/mol. The van der Waals surface area contributed by atoms with Crippen LogP contribution in [0.25, 0.3) is 0 Å². The van der Waals surface area contributed by atoms with Crippen LogP contribution in [0.2, 0.25) is 0 Å². The lowest BCUT2D eigenvalue weighted by Crippen LogP contribution is -2.55. The highest BCUT2D eigenvalue weighted by Crippen LogP contribution is 2.29. The van der Waals surface area contributed by atoms with E-state index in [9.17, 15) is 9.50 Å². The number of piperazine rings is 1. The molecule has 104 valence electrons. The molecule has 2 fully saturated rings. The number of aliphatic hydroxyl groups excluding tert-OH is 1. The largest absolute Gasteiger partial charge is 0.392 e. The number of fused-ring (bicyclic) bond motifs is 1. The van der Waals surface area contributed by atoms with E-state index in [4.69, 9.17) is 0 Å². The molecular formula is C15H21FN2O. The monoisotopic (exact) mass is 264 g/mol. The standard InChI is InChI=1S/C15H21FN2O/c1-11-8-17-4-2-3-14(17)9-18(11)15-6-12(10-19)5-13(16)7-15/h5-7,11,14,19H,2-4,8-10H2,1H3. The van der Waals surface area contributed by atoms with Gasteiger partial charge < -0.3 is 10.0 Å². The number of aliphatic hydroxyl groups is 1. The van der Waals surface area contributed by atoms with Gasteiger partial charge >= 0.3 is 0 Å². The van der Waals surface area contributed by atoms with E-state index >= 15 is 0 Å². The Labute approximate surface area is 113 Å². The number of halogens is 1. The summed E-state index contributed by atoms with van der Waals surface area (Å²) in [6.07, 6.45) is 2.52. The Morgan fingerprint density at radius 2 is 2.16 bits per heavy atom. The molecule has 0 spiro atoms. The van der Waals surface area contributed by atoms with E-state index in [1.807, 2.05) is 6.07 Å². The molecule has 1 aromatic carbocycles. The molecule has 1 N–H and O–H groups in total. The average molecular weight is 264 g/mol. The zero-order valence-electron chi connectivity index (χ0n) is 11.3. The van der Waals surface area contributed by atoms with Crippen molar-refractivity contribution >= 4 is 5.69 Å². The number of benzene rings is 1. The first-order valence-electron chi connectivity index (χ1n) is 7.08. The predicted octanol–water partition coefficient (Wildman–Crippen LogP) is 1.99. The van der Waals surface area contributed by atoms with Crippen LogP contribution in [0.3, 0.4) is 0 Å². The van der Waals surface area contributed by atoms with Gasteiger partial charge in [-0.15, -0.1) is 0 Å². The van der Waals surface area contributed by atoms with Gasteiger partial charge in [0.25, 0.3) is 0 Å². The Balaban J connectivity index is 1.86. The zero-order valence-corrected chi connectivity index (χ0v) is 11.3. The summed E-state index contributed by atoms with van der Waals surface area (Å²) in [4.78, 5) is 4.84. The van der Waals surface area contributed by atoms with Crippen LogP contribution in [0.15, 0.2) is 18.2 Å². The van der Waals surface area contributed by atoms with E-state index in [2.05, 4.69) is 16.7 Å². The lowest BCUT2D eigenvalue weighted by atomic mass is 10.1. The van der Waals surface area contributed by atoms with Gasteiger partial charge in [-0.3, -0.25) is 4.90 Å². The van der Waals surface area contributed by atoms with Crippen molar-refractivity contribution in [2.24, 2.45) is 0 Å². The van der Waals surface area contributed by atoms with Crippen LogP contribution in [0.4, 0.5) is 10.1 Å². The van der Waals surface area contributed by atoms with Gasteiger partial charge in [-0.2, -0.15) is 0 Å². The van der Waals surface area contributed by atoms with Crippen LogP contribution in [-0.4, -0.2) is 41.7 Å². The Morgan fingerprint density at radius 3 is 2.95 bits per heavy atom. The predicted molar refractivity (Wildman–Crippen MR) is 73.7 cm³/mol. The fourth-order valence-electron chi connectivity index (χ4n) is 3.44. The second kappa shape index (κ2) is 5.10. The van der Waals surface area contributed by atoms with Crippen LogP contribution in [0, 0.1) is 5.82 Å². The van der Waals surface area contributed by atoms with Crippen LogP contribution < -0.4 is 4.90 Å². The Bertz CT molecular complexity index is 465. The summed E-state index contributed by atoms with van der Waals surface area (Å²) >= 11 is 0. The molecule has 4 heteroatoms. The minimum Gasteiger partial charge on any atom is -0.392 e. The minimum absolute atomic E-state index is 0.109. The third kappa shape index (κ3) is 2.47. The number of anilines is 1. The molecule has 2 saturated heterocycles. The summed E-state index contributed by atoms with van der Waals surface area (Å²) in [5.74, 6) is -0.261. The second-order valence-corrected chi connectivity index (χ2v) is 5.77. The molecule has 0 radical (unpaired) electrons. The maximum Gasteiger partial charge on any atom is 0.125 e. The zero-order chi connectivity index (χ0) is 13.4. The second-order valence-electron chi connectivity index (χ2n) is 5.77. The van der Waals surface area contributed by atoms with Crippen LogP contribution in [0.1, 0.15) is 25.3 Å². The highest BCUT2D eigenvalue weighted by molar-refractivity contribution is 5.50. The van der Waals surface area contributed by atoms with E-state index in [0.29, 0.717) is 17.6 Å². The molecule has 0 amide bonds. The molecule has 2 aliphatic heterocycles. The third-order valence-corrected chi connectivity index (χ3v) is 4.39. The van der Waals surface area contributed by atoms with E-state index in [1.54, 1.807) is 6.07 Å². The van der Waals surface area contributed by atoms with Crippen LogP contribution >= 0.6 is 0 Å². The lowest BCUT2D eigenvalue weighted by molar-refractivity contribution is 0.203. The quantitative estimate of drug-likeness (QED) is 0.885. The Hall–Kier alpha value is -1.13. The molecule has 2 atom stereocenters. The van der Waals surface area contributed by atoms with Gasteiger partial charge in [-0.05, 0) is 50.1 Å².